The van der Waals surface area contributed by atoms with Gasteiger partial charge in [-0.15, -0.1) is 0 Å². The molecule has 1 unspecified atom stereocenters. The number of anilines is 2. The van der Waals surface area contributed by atoms with Gasteiger partial charge in [-0.05, 0) is 36.2 Å². The highest BCUT2D eigenvalue weighted by Crippen LogP contribution is 2.22. The molecule has 5 nitrogen and oxygen atoms in total. The summed E-state index contributed by atoms with van der Waals surface area (Å²) >= 11 is 1.58. The zero-order chi connectivity index (χ0) is 15.2. The molecule has 0 aliphatic rings. The second-order valence-corrected chi connectivity index (χ2v) is 5.58. The van der Waals surface area contributed by atoms with E-state index in [-0.39, 0.29) is 0 Å². The molecular weight excluding hydrogens is 284 g/mol. The Kier molecular flexibility index (Phi) is 5.52. The molecule has 0 aliphatic heterocycles. The molecule has 2 aromatic rings. The molecule has 0 saturated carbocycles. The van der Waals surface area contributed by atoms with Gasteiger partial charge in [0.2, 0.25) is 0 Å². The van der Waals surface area contributed by atoms with Crippen LogP contribution >= 0.6 is 11.3 Å². The first-order valence-electron chi connectivity index (χ1n) is 7.21. The predicted molar refractivity (Wildman–Crippen MR) is 88.1 cm³/mol. The van der Waals surface area contributed by atoms with Crippen LogP contribution in [0.5, 0.6) is 0 Å². The molecule has 0 aromatic carbocycles. The molecule has 0 amide bonds. The summed E-state index contributed by atoms with van der Waals surface area (Å²) in [6, 6.07) is 1.94. The van der Waals surface area contributed by atoms with Crippen molar-refractivity contribution in [3.63, 3.8) is 0 Å². The number of rotatable bonds is 7. The molecule has 3 N–H and O–H groups in total. The van der Waals surface area contributed by atoms with Gasteiger partial charge in [0.05, 0.1) is 6.10 Å². The summed E-state index contributed by atoms with van der Waals surface area (Å²) in [6.45, 7) is 7.31. The zero-order valence-electron chi connectivity index (χ0n) is 12.7. The Labute approximate surface area is 129 Å². The average Bonchev–Trinajstić information content (AvgIpc) is 3.02. The lowest BCUT2D eigenvalue weighted by Crippen LogP contribution is -2.15. The fraction of sp³-hybridized carbons (Fsp3) is 0.467. The van der Waals surface area contributed by atoms with Crippen molar-refractivity contribution in [2.75, 3.05) is 23.7 Å². The van der Waals surface area contributed by atoms with Crippen molar-refractivity contribution in [3.8, 4) is 0 Å². The normalized spacial score (nSPS) is 12.2. The molecule has 6 heteroatoms. The quantitative estimate of drug-likeness (QED) is 0.733. The van der Waals surface area contributed by atoms with E-state index < -0.39 is 6.10 Å². The van der Waals surface area contributed by atoms with Crippen LogP contribution in [0.2, 0.25) is 0 Å². The van der Waals surface area contributed by atoms with Gasteiger partial charge in [0.1, 0.15) is 17.5 Å². The van der Waals surface area contributed by atoms with Gasteiger partial charge in [-0.2, -0.15) is 11.3 Å². The first-order valence-corrected chi connectivity index (χ1v) is 8.15. The first kappa shape index (κ1) is 15.7. The van der Waals surface area contributed by atoms with Crippen LogP contribution in [0.4, 0.5) is 11.6 Å². The van der Waals surface area contributed by atoms with Crippen LogP contribution in [0.15, 0.2) is 16.8 Å². The Morgan fingerprint density at radius 2 is 1.95 bits per heavy atom. The Morgan fingerprint density at radius 1 is 1.24 bits per heavy atom. The zero-order valence-corrected chi connectivity index (χ0v) is 13.5. The van der Waals surface area contributed by atoms with Crippen LogP contribution < -0.4 is 10.6 Å². The summed E-state index contributed by atoms with van der Waals surface area (Å²) in [5.74, 6) is 2.44. The molecular formula is C15H22N4OS. The van der Waals surface area contributed by atoms with E-state index in [1.54, 1.807) is 11.3 Å². The second-order valence-electron chi connectivity index (χ2n) is 4.80. The van der Waals surface area contributed by atoms with Crippen molar-refractivity contribution < 1.29 is 5.11 Å². The fourth-order valence-corrected chi connectivity index (χ4v) is 2.72. The Morgan fingerprint density at radius 3 is 2.52 bits per heavy atom. The topological polar surface area (TPSA) is 70.1 Å². The van der Waals surface area contributed by atoms with Crippen molar-refractivity contribution in [3.05, 3.63) is 33.8 Å². The van der Waals surface area contributed by atoms with Gasteiger partial charge in [0.15, 0.2) is 0 Å². The van der Waals surface area contributed by atoms with Crippen molar-refractivity contribution in [1.29, 1.82) is 0 Å². The number of nitrogens with one attached hydrogen (secondary N) is 2. The predicted octanol–water partition coefficient (Wildman–Crippen LogP) is 2.99. The molecule has 0 spiro atoms. The van der Waals surface area contributed by atoms with E-state index in [1.165, 1.54) is 0 Å². The van der Waals surface area contributed by atoms with Gasteiger partial charge >= 0.3 is 0 Å². The fourth-order valence-electron chi connectivity index (χ4n) is 2.01. The minimum Gasteiger partial charge on any atom is -0.387 e. The van der Waals surface area contributed by atoms with Gasteiger partial charge in [0, 0.05) is 25.1 Å². The molecule has 0 aliphatic carbocycles. The van der Waals surface area contributed by atoms with Crippen LogP contribution in [0.25, 0.3) is 0 Å². The van der Waals surface area contributed by atoms with E-state index >= 15 is 0 Å². The van der Waals surface area contributed by atoms with Crippen molar-refractivity contribution in [2.45, 2.75) is 33.3 Å². The minimum atomic E-state index is -0.529. The largest absolute Gasteiger partial charge is 0.387 e. The standard InChI is InChI=1S/C15H22N4OS/c1-4-13-18-14(16-5-2)10(3)15(19-13)17-8-12(20)11-6-7-21-9-11/h6-7,9,12,20H,4-5,8H2,1-3H3,(H2,16,17,18,19). The average molecular weight is 306 g/mol. The van der Waals surface area contributed by atoms with Gasteiger partial charge < -0.3 is 15.7 Å². The summed E-state index contributed by atoms with van der Waals surface area (Å²) in [7, 11) is 0. The number of hydrogen-bond acceptors (Lipinski definition) is 6. The second kappa shape index (κ2) is 7.38. The van der Waals surface area contributed by atoms with Crippen molar-refractivity contribution in [2.24, 2.45) is 0 Å². The monoisotopic (exact) mass is 306 g/mol. The van der Waals surface area contributed by atoms with Gasteiger partial charge in [0.25, 0.3) is 0 Å². The van der Waals surface area contributed by atoms with Crippen LogP contribution in [0.3, 0.4) is 0 Å². The third-order valence-electron chi connectivity index (χ3n) is 3.24. The SMILES string of the molecule is CCNc1nc(CC)nc(NCC(O)c2ccsc2)c1C. The number of aliphatic hydroxyl groups is 1. The van der Waals surface area contributed by atoms with Gasteiger partial charge in [-0.25, -0.2) is 9.97 Å². The van der Waals surface area contributed by atoms with Gasteiger partial charge in [-0.1, -0.05) is 6.92 Å². The van der Waals surface area contributed by atoms with E-state index in [4.69, 9.17) is 0 Å². The van der Waals surface area contributed by atoms with E-state index in [9.17, 15) is 5.11 Å². The summed E-state index contributed by atoms with van der Waals surface area (Å²) in [5, 5.41) is 20.6. The van der Waals surface area contributed by atoms with Crippen LogP contribution in [-0.2, 0) is 6.42 Å². The molecule has 1 atom stereocenters. The molecule has 2 rings (SSSR count). The molecule has 0 bridgehead atoms. The first-order chi connectivity index (χ1) is 10.2. The summed E-state index contributed by atoms with van der Waals surface area (Å²) < 4.78 is 0. The summed E-state index contributed by atoms with van der Waals surface area (Å²) in [5.41, 5.74) is 1.91. The van der Waals surface area contributed by atoms with Crippen LogP contribution in [-0.4, -0.2) is 28.2 Å². The van der Waals surface area contributed by atoms with E-state index in [2.05, 4.69) is 20.6 Å². The molecule has 0 saturated heterocycles. The molecule has 0 radical (unpaired) electrons. The Hall–Kier alpha value is -1.66. The molecule has 0 fully saturated rings. The highest BCUT2D eigenvalue weighted by atomic mass is 32.1. The van der Waals surface area contributed by atoms with E-state index in [0.717, 1.165) is 41.6 Å². The van der Waals surface area contributed by atoms with Crippen molar-refractivity contribution >= 4 is 23.0 Å². The number of aliphatic hydroxyl groups excluding tert-OH is 1. The summed E-state index contributed by atoms with van der Waals surface area (Å²) in [4.78, 5) is 9.01. The lowest BCUT2D eigenvalue weighted by atomic mass is 10.2. The number of hydrogen-bond donors (Lipinski definition) is 3. The van der Waals surface area contributed by atoms with Crippen LogP contribution in [0.1, 0.15) is 36.9 Å². The maximum Gasteiger partial charge on any atom is 0.134 e. The Bertz CT molecular complexity index is 571. The smallest absolute Gasteiger partial charge is 0.134 e. The lowest BCUT2D eigenvalue weighted by molar-refractivity contribution is 0.192. The maximum absolute atomic E-state index is 10.1. The number of aromatic nitrogens is 2. The molecule has 2 heterocycles. The van der Waals surface area contributed by atoms with E-state index in [1.807, 2.05) is 37.6 Å². The number of thiophene rings is 1. The van der Waals surface area contributed by atoms with Crippen LogP contribution in [0, 0.1) is 6.92 Å². The summed E-state index contributed by atoms with van der Waals surface area (Å²) in [6.07, 6.45) is 0.249. The molecule has 2 aromatic heterocycles. The molecule has 114 valence electrons. The van der Waals surface area contributed by atoms with Crippen molar-refractivity contribution in [1.82, 2.24) is 9.97 Å². The molecule has 21 heavy (non-hydrogen) atoms. The highest BCUT2D eigenvalue weighted by molar-refractivity contribution is 7.07. The van der Waals surface area contributed by atoms with E-state index in [0.29, 0.717) is 6.54 Å². The number of aryl methyl sites for hydroxylation is 1. The third-order valence-corrected chi connectivity index (χ3v) is 3.94. The maximum atomic E-state index is 10.1. The Balaban J connectivity index is 2.13. The minimum absolute atomic E-state index is 0.434. The van der Waals surface area contributed by atoms with Gasteiger partial charge in [-0.3, -0.25) is 0 Å². The number of nitrogens with zero attached hydrogens (tertiary/aromatic N) is 2. The highest BCUT2D eigenvalue weighted by Gasteiger charge is 2.12. The lowest BCUT2D eigenvalue weighted by Gasteiger charge is -2.16. The third kappa shape index (κ3) is 3.92.